The number of halogens is 2. The standard InChI is InChI=1S/C15H22F2N2O2/c1-4-7-18-14(10(2)3)8-11-5-6-12(19(20)21)9-13(11)15(16)17/h5-6,9-10,14-15,18H,4,7-8H2,1-3H3. The van der Waals surface area contributed by atoms with Gasteiger partial charge in [0.15, 0.2) is 0 Å². The molecule has 1 atom stereocenters. The topological polar surface area (TPSA) is 55.2 Å². The summed E-state index contributed by atoms with van der Waals surface area (Å²) in [6, 6.07) is 3.79. The van der Waals surface area contributed by atoms with Crippen molar-refractivity contribution in [1.29, 1.82) is 0 Å². The highest BCUT2D eigenvalue weighted by atomic mass is 19.3. The zero-order valence-electron chi connectivity index (χ0n) is 12.6. The third kappa shape index (κ3) is 5.04. The van der Waals surface area contributed by atoms with E-state index in [4.69, 9.17) is 0 Å². The van der Waals surface area contributed by atoms with Crippen LogP contribution in [0.5, 0.6) is 0 Å². The molecule has 0 heterocycles. The van der Waals surface area contributed by atoms with E-state index in [-0.39, 0.29) is 23.2 Å². The summed E-state index contributed by atoms with van der Waals surface area (Å²) in [5.74, 6) is 0.289. The van der Waals surface area contributed by atoms with E-state index in [9.17, 15) is 18.9 Å². The second kappa shape index (κ2) is 8.02. The Balaban J connectivity index is 3.02. The molecule has 0 saturated carbocycles. The lowest BCUT2D eigenvalue weighted by Crippen LogP contribution is -2.36. The van der Waals surface area contributed by atoms with E-state index >= 15 is 0 Å². The lowest BCUT2D eigenvalue weighted by molar-refractivity contribution is -0.385. The minimum absolute atomic E-state index is 0.0731. The third-order valence-corrected chi connectivity index (χ3v) is 3.48. The molecule has 4 nitrogen and oxygen atoms in total. The molecule has 1 unspecified atom stereocenters. The van der Waals surface area contributed by atoms with Crippen molar-refractivity contribution in [2.24, 2.45) is 5.92 Å². The number of hydrogen-bond donors (Lipinski definition) is 1. The number of nitrogens with zero attached hydrogens (tertiary/aromatic N) is 1. The van der Waals surface area contributed by atoms with Gasteiger partial charge in [0.05, 0.1) is 4.92 Å². The van der Waals surface area contributed by atoms with E-state index in [0.29, 0.717) is 12.0 Å². The molecule has 0 radical (unpaired) electrons. The van der Waals surface area contributed by atoms with Gasteiger partial charge >= 0.3 is 0 Å². The Morgan fingerprint density at radius 3 is 2.48 bits per heavy atom. The normalized spacial score (nSPS) is 12.9. The second-order valence-corrected chi connectivity index (χ2v) is 5.45. The monoisotopic (exact) mass is 300 g/mol. The molecule has 0 aliphatic carbocycles. The molecule has 0 aromatic heterocycles. The maximum atomic E-state index is 13.1. The fourth-order valence-electron chi connectivity index (χ4n) is 2.20. The highest BCUT2D eigenvalue weighted by Gasteiger charge is 2.21. The van der Waals surface area contributed by atoms with Crippen LogP contribution in [0.1, 0.15) is 44.7 Å². The Hall–Kier alpha value is -1.56. The first-order valence-corrected chi connectivity index (χ1v) is 7.15. The summed E-state index contributed by atoms with van der Waals surface area (Å²) in [7, 11) is 0. The summed E-state index contributed by atoms with van der Waals surface area (Å²) in [6.45, 7) is 6.92. The van der Waals surface area contributed by atoms with Crippen LogP contribution in [0, 0.1) is 16.0 Å². The molecule has 1 N–H and O–H groups in total. The Bertz CT molecular complexity index is 479. The number of rotatable bonds is 8. The molecule has 118 valence electrons. The molecule has 0 aliphatic heterocycles. The van der Waals surface area contributed by atoms with Gasteiger partial charge in [0.25, 0.3) is 12.1 Å². The Morgan fingerprint density at radius 2 is 2.00 bits per heavy atom. The maximum Gasteiger partial charge on any atom is 0.269 e. The fraction of sp³-hybridized carbons (Fsp3) is 0.600. The molecular formula is C15H22F2N2O2. The minimum atomic E-state index is -2.71. The maximum absolute atomic E-state index is 13.1. The largest absolute Gasteiger partial charge is 0.313 e. The number of alkyl halides is 2. The number of nitrogens with one attached hydrogen (secondary N) is 1. The van der Waals surface area contributed by atoms with E-state index in [1.807, 2.05) is 20.8 Å². The number of nitro benzene ring substituents is 1. The zero-order chi connectivity index (χ0) is 16.0. The van der Waals surface area contributed by atoms with Gasteiger partial charge in [0.2, 0.25) is 0 Å². The van der Waals surface area contributed by atoms with Gasteiger partial charge in [0.1, 0.15) is 0 Å². The van der Waals surface area contributed by atoms with E-state index in [1.54, 1.807) is 0 Å². The van der Waals surface area contributed by atoms with Gasteiger partial charge in [-0.05, 0) is 30.9 Å². The average Bonchev–Trinajstić information content (AvgIpc) is 2.42. The van der Waals surface area contributed by atoms with Crippen molar-refractivity contribution < 1.29 is 13.7 Å². The van der Waals surface area contributed by atoms with E-state index < -0.39 is 11.3 Å². The van der Waals surface area contributed by atoms with Crippen molar-refractivity contribution in [3.05, 3.63) is 39.4 Å². The predicted molar refractivity (Wildman–Crippen MR) is 78.7 cm³/mol. The highest BCUT2D eigenvalue weighted by molar-refractivity contribution is 5.41. The first-order chi connectivity index (χ1) is 9.86. The van der Waals surface area contributed by atoms with Gasteiger partial charge in [0, 0.05) is 23.7 Å². The molecule has 0 amide bonds. The molecule has 21 heavy (non-hydrogen) atoms. The summed E-state index contributed by atoms with van der Waals surface area (Å²) >= 11 is 0. The van der Waals surface area contributed by atoms with Gasteiger partial charge in [-0.1, -0.05) is 26.8 Å². The summed E-state index contributed by atoms with van der Waals surface area (Å²) in [5.41, 5.74) is -0.0669. The van der Waals surface area contributed by atoms with Crippen molar-refractivity contribution in [3.63, 3.8) is 0 Å². The van der Waals surface area contributed by atoms with Crippen LogP contribution in [0.25, 0.3) is 0 Å². The van der Waals surface area contributed by atoms with Crippen LogP contribution in [0.15, 0.2) is 18.2 Å². The van der Waals surface area contributed by atoms with E-state index in [1.165, 1.54) is 12.1 Å². The molecule has 6 heteroatoms. The van der Waals surface area contributed by atoms with Gasteiger partial charge < -0.3 is 5.32 Å². The van der Waals surface area contributed by atoms with E-state index in [0.717, 1.165) is 19.0 Å². The molecular weight excluding hydrogens is 278 g/mol. The first-order valence-electron chi connectivity index (χ1n) is 7.15. The lowest BCUT2D eigenvalue weighted by atomic mass is 9.93. The minimum Gasteiger partial charge on any atom is -0.313 e. The summed E-state index contributed by atoms with van der Waals surface area (Å²) in [5, 5.41) is 14.0. The van der Waals surface area contributed by atoms with Gasteiger partial charge in [-0.25, -0.2) is 8.78 Å². The molecule has 1 rings (SSSR count). The van der Waals surface area contributed by atoms with Crippen LogP contribution in [-0.4, -0.2) is 17.5 Å². The van der Waals surface area contributed by atoms with Crippen molar-refractivity contribution in [2.45, 2.75) is 46.1 Å². The van der Waals surface area contributed by atoms with Crippen LogP contribution in [0.4, 0.5) is 14.5 Å². The molecule has 0 fully saturated rings. The van der Waals surface area contributed by atoms with E-state index in [2.05, 4.69) is 5.32 Å². The van der Waals surface area contributed by atoms with Crippen LogP contribution >= 0.6 is 0 Å². The SMILES string of the molecule is CCCNC(Cc1ccc([N+](=O)[O-])cc1C(F)F)C(C)C. The van der Waals surface area contributed by atoms with Crippen molar-refractivity contribution >= 4 is 5.69 Å². The third-order valence-electron chi connectivity index (χ3n) is 3.48. The Morgan fingerprint density at radius 1 is 1.33 bits per heavy atom. The van der Waals surface area contributed by atoms with Crippen LogP contribution in [-0.2, 0) is 6.42 Å². The van der Waals surface area contributed by atoms with Gasteiger partial charge in [-0.3, -0.25) is 10.1 Å². The van der Waals surface area contributed by atoms with Crippen LogP contribution < -0.4 is 5.32 Å². The number of hydrogen-bond acceptors (Lipinski definition) is 3. The first kappa shape index (κ1) is 17.5. The second-order valence-electron chi connectivity index (χ2n) is 5.45. The fourth-order valence-corrected chi connectivity index (χ4v) is 2.20. The van der Waals surface area contributed by atoms with Crippen molar-refractivity contribution in [2.75, 3.05) is 6.54 Å². The number of nitro groups is 1. The van der Waals surface area contributed by atoms with Gasteiger partial charge in [-0.2, -0.15) is 0 Å². The Kier molecular flexibility index (Phi) is 6.68. The summed E-state index contributed by atoms with van der Waals surface area (Å²) < 4.78 is 26.3. The average molecular weight is 300 g/mol. The molecule has 0 spiro atoms. The van der Waals surface area contributed by atoms with Crippen LogP contribution in [0.2, 0.25) is 0 Å². The van der Waals surface area contributed by atoms with Crippen molar-refractivity contribution in [3.8, 4) is 0 Å². The summed E-state index contributed by atoms with van der Waals surface area (Å²) in [4.78, 5) is 10.1. The zero-order valence-corrected chi connectivity index (χ0v) is 12.6. The molecule has 0 bridgehead atoms. The smallest absolute Gasteiger partial charge is 0.269 e. The summed E-state index contributed by atoms with van der Waals surface area (Å²) in [6.07, 6.45) is -1.31. The number of non-ortho nitro benzene ring substituents is 1. The molecule has 1 aromatic rings. The van der Waals surface area contributed by atoms with Gasteiger partial charge in [-0.15, -0.1) is 0 Å². The molecule has 0 aliphatic rings. The van der Waals surface area contributed by atoms with Crippen LogP contribution in [0.3, 0.4) is 0 Å². The predicted octanol–water partition coefficient (Wildman–Crippen LogP) is 4.10. The quantitative estimate of drug-likeness (QED) is 0.581. The van der Waals surface area contributed by atoms with Crippen molar-refractivity contribution in [1.82, 2.24) is 5.32 Å². The molecule has 1 aromatic carbocycles. The highest BCUT2D eigenvalue weighted by Crippen LogP contribution is 2.28. The number of benzene rings is 1. The molecule has 0 saturated heterocycles. The lowest BCUT2D eigenvalue weighted by Gasteiger charge is -2.23. The Labute approximate surface area is 123 Å².